The van der Waals surface area contributed by atoms with Crippen LogP contribution in [0.5, 0.6) is 0 Å². The number of hydrazine groups is 1. The lowest BCUT2D eigenvalue weighted by molar-refractivity contribution is 0.125. The van der Waals surface area contributed by atoms with Crippen LogP contribution < -0.4 is 16.6 Å². The van der Waals surface area contributed by atoms with Crippen molar-refractivity contribution < 1.29 is 9.53 Å². The average molecular weight is 235 g/mol. The zero-order valence-corrected chi connectivity index (χ0v) is 9.56. The molecular formula is C12H17N3O2. The molecule has 1 amide bonds. The van der Waals surface area contributed by atoms with E-state index < -0.39 is 0 Å². The average Bonchev–Trinajstić information content (AvgIpc) is 2.32. The van der Waals surface area contributed by atoms with Crippen LogP contribution in [0.2, 0.25) is 0 Å². The minimum atomic E-state index is -0.366. The summed E-state index contributed by atoms with van der Waals surface area (Å²) in [6.45, 7) is 0.304. The first kappa shape index (κ1) is 11.9. The van der Waals surface area contributed by atoms with Crippen LogP contribution in [0.4, 0.5) is 4.79 Å². The van der Waals surface area contributed by atoms with E-state index in [1.165, 1.54) is 0 Å². The molecule has 92 valence electrons. The number of benzene rings is 1. The fourth-order valence-electron chi connectivity index (χ4n) is 1.80. The molecule has 1 fully saturated rings. The van der Waals surface area contributed by atoms with Gasteiger partial charge in [-0.05, 0) is 18.4 Å². The van der Waals surface area contributed by atoms with Gasteiger partial charge in [0.25, 0.3) is 0 Å². The summed E-state index contributed by atoms with van der Waals surface area (Å²) >= 11 is 0. The van der Waals surface area contributed by atoms with Gasteiger partial charge >= 0.3 is 6.09 Å². The van der Waals surface area contributed by atoms with Gasteiger partial charge in [0.2, 0.25) is 0 Å². The summed E-state index contributed by atoms with van der Waals surface area (Å²) < 4.78 is 5.10. The van der Waals surface area contributed by atoms with Gasteiger partial charge in [-0.2, -0.15) is 0 Å². The maximum absolute atomic E-state index is 11.4. The van der Waals surface area contributed by atoms with Gasteiger partial charge in [-0.25, -0.2) is 4.79 Å². The Morgan fingerprint density at radius 1 is 1.29 bits per heavy atom. The molecule has 4 N–H and O–H groups in total. The maximum Gasteiger partial charge on any atom is 0.407 e. The van der Waals surface area contributed by atoms with E-state index in [1.54, 1.807) is 0 Å². The molecule has 17 heavy (non-hydrogen) atoms. The van der Waals surface area contributed by atoms with E-state index in [-0.39, 0.29) is 12.1 Å². The zero-order valence-electron chi connectivity index (χ0n) is 9.56. The van der Waals surface area contributed by atoms with Gasteiger partial charge in [0, 0.05) is 12.1 Å². The maximum atomic E-state index is 11.4. The highest BCUT2D eigenvalue weighted by molar-refractivity contribution is 5.67. The Morgan fingerprint density at radius 2 is 2.00 bits per heavy atom. The van der Waals surface area contributed by atoms with Crippen molar-refractivity contribution in [1.29, 1.82) is 0 Å². The molecule has 1 saturated carbocycles. The summed E-state index contributed by atoms with van der Waals surface area (Å²) in [6.07, 6.45) is 1.35. The van der Waals surface area contributed by atoms with Crippen molar-refractivity contribution in [2.45, 2.75) is 31.5 Å². The van der Waals surface area contributed by atoms with Gasteiger partial charge < -0.3 is 10.1 Å². The predicted molar refractivity (Wildman–Crippen MR) is 63.9 cm³/mol. The summed E-state index contributed by atoms with van der Waals surface area (Å²) in [5, 5.41) is 2.79. The molecule has 0 atom stereocenters. The smallest absolute Gasteiger partial charge is 0.407 e. The fraction of sp³-hybridized carbons (Fsp3) is 0.417. The van der Waals surface area contributed by atoms with E-state index in [4.69, 9.17) is 10.6 Å². The summed E-state index contributed by atoms with van der Waals surface area (Å²) in [6, 6.07) is 10.1. The molecule has 0 saturated heterocycles. The number of carbonyl (C=O) groups is 1. The molecular weight excluding hydrogens is 218 g/mol. The highest BCUT2D eigenvalue weighted by Gasteiger charge is 2.29. The summed E-state index contributed by atoms with van der Waals surface area (Å²) in [5.74, 6) is 5.27. The molecule has 5 heteroatoms. The van der Waals surface area contributed by atoms with Crippen LogP contribution in [0, 0.1) is 0 Å². The first-order chi connectivity index (χ1) is 8.28. The van der Waals surface area contributed by atoms with Crippen LogP contribution in [0.1, 0.15) is 18.4 Å². The Labute approximate surface area is 100 Å². The van der Waals surface area contributed by atoms with Gasteiger partial charge in [0.05, 0.1) is 0 Å². The third kappa shape index (κ3) is 3.44. The SMILES string of the molecule is NN[C@H]1C[C@H](NC(=O)OCc2ccccc2)C1. The molecule has 2 rings (SSSR count). The molecule has 0 aromatic heterocycles. The minimum Gasteiger partial charge on any atom is -0.445 e. The van der Waals surface area contributed by atoms with E-state index in [1.807, 2.05) is 30.3 Å². The number of hydrogen-bond donors (Lipinski definition) is 3. The third-order valence-corrected chi connectivity index (χ3v) is 2.91. The number of nitrogens with one attached hydrogen (secondary N) is 2. The van der Waals surface area contributed by atoms with Gasteiger partial charge in [-0.1, -0.05) is 30.3 Å². The number of rotatable bonds is 4. The molecule has 0 aliphatic heterocycles. The van der Waals surface area contributed by atoms with E-state index >= 15 is 0 Å². The Balaban J connectivity index is 1.65. The summed E-state index contributed by atoms with van der Waals surface area (Å²) in [5.41, 5.74) is 3.65. The van der Waals surface area contributed by atoms with E-state index in [0.29, 0.717) is 12.6 Å². The second-order valence-corrected chi connectivity index (χ2v) is 4.24. The first-order valence-corrected chi connectivity index (χ1v) is 5.71. The van der Waals surface area contributed by atoms with E-state index in [2.05, 4.69) is 10.7 Å². The second kappa shape index (κ2) is 5.65. The molecule has 1 aromatic carbocycles. The summed E-state index contributed by atoms with van der Waals surface area (Å²) in [4.78, 5) is 11.4. The lowest BCUT2D eigenvalue weighted by atomic mass is 9.87. The molecule has 0 radical (unpaired) electrons. The van der Waals surface area contributed by atoms with Gasteiger partial charge in [0.15, 0.2) is 0 Å². The molecule has 0 spiro atoms. The normalized spacial score (nSPS) is 22.6. The third-order valence-electron chi connectivity index (χ3n) is 2.91. The van der Waals surface area contributed by atoms with Gasteiger partial charge in [0.1, 0.15) is 6.61 Å². The van der Waals surface area contributed by atoms with Crippen molar-refractivity contribution in [3.8, 4) is 0 Å². The Kier molecular flexibility index (Phi) is 3.95. The molecule has 1 aliphatic rings. The molecule has 0 unspecified atom stereocenters. The Hall–Kier alpha value is -1.59. The number of ether oxygens (including phenoxy) is 1. The lowest BCUT2D eigenvalue weighted by Gasteiger charge is -2.34. The van der Waals surface area contributed by atoms with Crippen LogP contribution in [0.25, 0.3) is 0 Å². The highest BCUT2D eigenvalue weighted by Crippen LogP contribution is 2.18. The number of alkyl carbamates (subject to hydrolysis) is 1. The summed E-state index contributed by atoms with van der Waals surface area (Å²) in [7, 11) is 0. The molecule has 5 nitrogen and oxygen atoms in total. The standard InChI is InChI=1S/C12H17N3O2/c13-15-11-6-10(7-11)14-12(16)17-8-9-4-2-1-3-5-9/h1-5,10-11,15H,6-8,13H2,(H,14,16)/t10-,11-. The van der Waals surface area contributed by atoms with E-state index in [9.17, 15) is 4.79 Å². The van der Waals surface area contributed by atoms with Crippen LogP contribution in [0.15, 0.2) is 30.3 Å². The molecule has 0 bridgehead atoms. The monoisotopic (exact) mass is 235 g/mol. The topological polar surface area (TPSA) is 76.4 Å². The highest BCUT2D eigenvalue weighted by atomic mass is 16.5. The minimum absolute atomic E-state index is 0.180. The first-order valence-electron chi connectivity index (χ1n) is 5.71. The van der Waals surface area contributed by atoms with Crippen molar-refractivity contribution in [1.82, 2.24) is 10.7 Å². The number of amides is 1. The van der Waals surface area contributed by atoms with Crippen LogP contribution >= 0.6 is 0 Å². The van der Waals surface area contributed by atoms with Crippen molar-refractivity contribution in [3.05, 3.63) is 35.9 Å². The van der Waals surface area contributed by atoms with Crippen molar-refractivity contribution in [3.63, 3.8) is 0 Å². The molecule has 1 aromatic rings. The number of carbonyl (C=O) groups excluding carboxylic acids is 1. The Bertz CT molecular complexity index is 363. The Morgan fingerprint density at radius 3 is 2.65 bits per heavy atom. The van der Waals surface area contributed by atoms with Crippen molar-refractivity contribution in [2.24, 2.45) is 5.84 Å². The molecule has 1 aliphatic carbocycles. The lowest BCUT2D eigenvalue weighted by Crippen LogP contribution is -2.54. The quantitative estimate of drug-likeness (QED) is 0.535. The van der Waals surface area contributed by atoms with Crippen LogP contribution in [-0.4, -0.2) is 18.2 Å². The van der Waals surface area contributed by atoms with Crippen LogP contribution in [-0.2, 0) is 11.3 Å². The second-order valence-electron chi connectivity index (χ2n) is 4.24. The number of nitrogens with two attached hydrogens (primary N) is 1. The number of hydrogen-bond acceptors (Lipinski definition) is 4. The van der Waals surface area contributed by atoms with Gasteiger partial charge in [-0.15, -0.1) is 0 Å². The zero-order chi connectivity index (χ0) is 12.1. The van der Waals surface area contributed by atoms with E-state index in [0.717, 1.165) is 18.4 Å². The fourth-order valence-corrected chi connectivity index (χ4v) is 1.80. The molecule has 0 heterocycles. The van der Waals surface area contributed by atoms with Crippen LogP contribution in [0.3, 0.4) is 0 Å². The van der Waals surface area contributed by atoms with Crippen molar-refractivity contribution in [2.75, 3.05) is 0 Å². The largest absolute Gasteiger partial charge is 0.445 e. The van der Waals surface area contributed by atoms with Gasteiger partial charge in [-0.3, -0.25) is 11.3 Å². The predicted octanol–water partition coefficient (Wildman–Crippen LogP) is 0.907. The van der Waals surface area contributed by atoms with Crippen molar-refractivity contribution >= 4 is 6.09 Å².